The third-order valence-corrected chi connectivity index (χ3v) is 7.33. The van der Waals surface area contributed by atoms with Crippen LogP contribution in [0, 0.1) is 5.41 Å². The van der Waals surface area contributed by atoms with E-state index in [2.05, 4.69) is 41.9 Å². The van der Waals surface area contributed by atoms with Crippen molar-refractivity contribution in [2.75, 3.05) is 20.6 Å². The van der Waals surface area contributed by atoms with Crippen LogP contribution < -0.4 is 21.1 Å². The van der Waals surface area contributed by atoms with E-state index in [4.69, 9.17) is 10.5 Å². The minimum atomic E-state index is -0.367. The van der Waals surface area contributed by atoms with Crippen molar-refractivity contribution in [2.45, 2.75) is 52.3 Å². The van der Waals surface area contributed by atoms with Gasteiger partial charge in [0.2, 0.25) is 0 Å². The van der Waals surface area contributed by atoms with Crippen LogP contribution in [0.2, 0.25) is 0 Å². The molecule has 0 radical (unpaired) electrons. The molecule has 0 saturated heterocycles. The van der Waals surface area contributed by atoms with Crippen LogP contribution >= 0.6 is 0 Å². The highest BCUT2D eigenvalue weighted by Gasteiger charge is 2.29. The molecule has 0 spiro atoms. The lowest BCUT2D eigenvalue weighted by Crippen LogP contribution is -2.42. The van der Waals surface area contributed by atoms with E-state index in [1.165, 1.54) is 0 Å². The number of urea groups is 1. The number of carbonyl (C=O) groups is 1. The molecule has 43 heavy (non-hydrogen) atoms. The fraction of sp³-hybridized carbons (Fsp3) is 0.387. The number of aliphatic imine (C=N–C) groups is 1. The van der Waals surface area contributed by atoms with Gasteiger partial charge in [0, 0.05) is 23.7 Å². The van der Waals surface area contributed by atoms with Gasteiger partial charge in [-0.05, 0) is 50.2 Å². The number of carbonyl (C=O) groups excluding carboxylic acids is 1. The summed E-state index contributed by atoms with van der Waals surface area (Å²) in [5, 5.41) is 18.5. The number of allylic oxidation sites excluding steroid dienone is 1. The van der Waals surface area contributed by atoms with Crippen LogP contribution in [0.1, 0.15) is 56.9 Å². The predicted octanol–water partition coefficient (Wildman–Crippen LogP) is 4.36. The number of aromatic nitrogens is 5. The molecule has 3 heterocycles. The molecule has 1 aromatic carbocycles. The van der Waals surface area contributed by atoms with Gasteiger partial charge in [-0.1, -0.05) is 45.0 Å². The second kappa shape index (κ2) is 12.7. The molecule has 4 N–H and O–H groups in total. The Kier molecular flexibility index (Phi) is 8.76. The average molecular weight is 585 g/mol. The molecule has 2 amide bonds. The number of ether oxygens (including phenoxy) is 1. The van der Waals surface area contributed by atoms with Gasteiger partial charge < -0.3 is 20.7 Å². The van der Waals surface area contributed by atoms with E-state index < -0.39 is 0 Å². The molecule has 226 valence electrons. The molecule has 3 aromatic heterocycles. The van der Waals surface area contributed by atoms with Crippen molar-refractivity contribution in [1.82, 2.24) is 39.9 Å². The Bertz CT molecular complexity index is 1630. The van der Waals surface area contributed by atoms with Gasteiger partial charge in [0.15, 0.2) is 5.65 Å². The molecule has 4 aromatic rings. The lowest BCUT2D eigenvalue weighted by Gasteiger charge is -2.32. The molecule has 2 unspecified atom stereocenters. The molecule has 5 rings (SSSR count). The number of rotatable bonds is 8. The number of benzene rings is 1. The third-order valence-electron chi connectivity index (χ3n) is 7.33. The first kappa shape index (κ1) is 29.8. The summed E-state index contributed by atoms with van der Waals surface area (Å²) in [6.07, 6.45) is 10.0. The number of amides is 2. The standard InChI is InChI=1S/C31H40N10O2/c1-31(2,3)27(32)16-28(35-21-17-34-41(18-21)15-14-39(4)5)37-30(42)36-25-11-12-26(24-9-7-6-8-23(24)25)43-22-10-13-29-38-33-20-40(29)19-22/h6-10,13,16-20,25-26H,11-12,14-15,32H2,1-5H3,(H2,35,36,37,42). The number of nitrogens with two attached hydrogens (primary N) is 1. The van der Waals surface area contributed by atoms with Gasteiger partial charge in [-0.3, -0.25) is 14.4 Å². The summed E-state index contributed by atoms with van der Waals surface area (Å²) in [7, 11) is 4.03. The number of hydrogen-bond acceptors (Lipinski definition) is 8. The molecule has 0 aliphatic heterocycles. The second-order valence-electron chi connectivity index (χ2n) is 12.0. The van der Waals surface area contributed by atoms with Crippen LogP contribution in [0.25, 0.3) is 5.65 Å². The summed E-state index contributed by atoms with van der Waals surface area (Å²) in [6, 6.07) is 11.3. The SMILES string of the molecule is CN(C)CCn1cc(N=C(C=C(N)C(C)(C)C)NC(=O)NC2CCC(Oc3ccc4nncn4c3)c3ccccc32)cn1. The lowest BCUT2D eigenvalue weighted by atomic mass is 9.85. The zero-order valence-corrected chi connectivity index (χ0v) is 25.4. The van der Waals surface area contributed by atoms with Crippen LogP contribution in [0.4, 0.5) is 10.5 Å². The van der Waals surface area contributed by atoms with Gasteiger partial charge in [-0.25, -0.2) is 9.79 Å². The Balaban J connectivity index is 1.31. The molecule has 2 atom stereocenters. The lowest BCUT2D eigenvalue weighted by molar-refractivity contribution is 0.171. The first-order valence-electron chi connectivity index (χ1n) is 14.4. The zero-order chi connectivity index (χ0) is 30.6. The van der Waals surface area contributed by atoms with E-state index in [0.29, 0.717) is 23.6 Å². The van der Waals surface area contributed by atoms with Crippen LogP contribution in [0.5, 0.6) is 5.75 Å². The Morgan fingerprint density at radius 3 is 2.72 bits per heavy atom. The van der Waals surface area contributed by atoms with Crippen molar-refractivity contribution >= 4 is 23.2 Å². The summed E-state index contributed by atoms with van der Waals surface area (Å²) < 4.78 is 10.1. The molecule has 1 aliphatic rings. The fourth-order valence-electron chi connectivity index (χ4n) is 4.81. The van der Waals surface area contributed by atoms with E-state index in [0.717, 1.165) is 42.0 Å². The number of hydrogen-bond donors (Lipinski definition) is 3. The fourth-order valence-corrected chi connectivity index (χ4v) is 4.81. The van der Waals surface area contributed by atoms with Gasteiger partial charge in [-0.2, -0.15) is 5.10 Å². The van der Waals surface area contributed by atoms with Crippen molar-refractivity contribution in [2.24, 2.45) is 16.1 Å². The van der Waals surface area contributed by atoms with E-state index in [1.807, 2.05) is 86.7 Å². The molecule has 12 heteroatoms. The number of amidine groups is 1. The number of nitrogens with one attached hydrogen (secondary N) is 2. The molecule has 1 aliphatic carbocycles. The maximum absolute atomic E-state index is 13.4. The summed E-state index contributed by atoms with van der Waals surface area (Å²) in [5.74, 6) is 1.07. The molecule has 0 bridgehead atoms. The summed E-state index contributed by atoms with van der Waals surface area (Å²) in [5.41, 5.74) is 10.1. The number of fused-ring (bicyclic) bond motifs is 2. The maximum atomic E-state index is 13.4. The zero-order valence-electron chi connectivity index (χ0n) is 25.4. The van der Waals surface area contributed by atoms with Gasteiger partial charge in [0.25, 0.3) is 0 Å². The minimum absolute atomic E-state index is 0.151. The van der Waals surface area contributed by atoms with Gasteiger partial charge >= 0.3 is 6.03 Å². The van der Waals surface area contributed by atoms with Crippen LogP contribution in [0.3, 0.4) is 0 Å². The van der Waals surface area contributed by atoms with Crippen molar-refractivity contribution in [3.05, 3.63) is 84.2 Å². The molecular weight excluding hydrogens is 544 g/mol. The predicted molar refractivity (Wildman–Crippen MR) is 166 cm³/mol. The van der Waals surface area contributed by atoms with Crippen LogP contribution in [-0.4, -0.2) is 61.8 Å². The second-order valence-corrected chi connectivity index (χ2v) is 12.0. The third kappa shape index (κ3) is 7.58. The topological polar surface area (TPSA) is 140 Å². The number of nitrogens with zero attached hydrogens (tertiary/aromatic N) is 7. The highest BCUT2D eigenvalue weighted by atomic mass is 16.5. The monoisotopic (exact) mass is 584 g/mol. The normalized spacial score (nSPS) is 17.6. The van der Waals surface area contributed by atoms with Crippen molar-refractivity contribution in [3.63, 3.8) is 0 Å². The molecular formula is C31H40N10O2. The van der Waals surface area contributed by atoms with Gasteiger partial charge in [0.1, 0.15) is 29.7 Å². The largest absolute Gasteiger partial charge is 0.484 e. The van der Waals surface area contributed by atoms with Crippen LogP contribution in [-0.2, 0) is 6.54 Å². The summed E-state index contributed by atoms with van der Waals surface area (Å²) in [6.45, 7) is 7.61. The smallest absolute Gasteiger partial charge is 0.320 e. The first-order valence-corrected chi connectivity index (χ1v) is 14.4. The highest BCUT2D eigenvalue weighted by molar-refractivity contribution is 6.05. The van der Waals surface area contributed by atoms with E-state index >= 15 is 0 Å². The van der Waals surface area contributed by atoms with Crippen LogP contribution in [0.15, 0.2) is 78.1 Å². The summed E-state index contributed by atoms with van der Waals surface area (Å²) >= 11 is 0. The van der Waals surface area contributed by atoms with Gasteiger partial charge in [0.05, 0.1) is 31.2 Å². The number of likely N-dealkylation sites (N-methyl/N-ethyl adjacent to an activating group) is 1. The highest BCUT2D eigenvalue weighted by Crippen LogP contribution is 2.38. The average Bonchev–Trinajstić information content (AvgIpc) is 3.61. The van der Waals surface area contributed by atoms with E-state index in [-0.39, 0.29) is 23.6 Å². The maximum Gasteiger partial charge on any atom is 0.320 e. The minimum Gasteiger partial charge on any atom is -0.484 e. The molecule has 12 nitrogen and oxygen atoms in total. The van der Waals surface area contributed by atoms with Crippen molar-refractivity contribution in [1.29, 1.82) is 0 Å². The van der Waals surface area contributed by atoms with E-state index in [9.17, 15) is 4.79 Å². The summed E-state index contributed by atoms with van der Waals surface area (Å²) in [4.78, 5) is 20.1. The quantitative estimate of drug-likeness (QED) is 0.206. The van der Waals surface area contributed by atoms with Gasteiger partial charge in [-0.15, -0.1) is 10.2 Å². The molecule has 0 fully saturated rings. The number of pyridine rings is 1. The van der Waals surface area contributed by atoms with Crippen molar-refractivity contribution in [3.8, 4) is 5.75 Å². The Morgan fingerprint density at radius 1 is 1.16 bits per heavy atom. The Labute approximate surface area is 251 Å². The van der Waals surface area contributed by atoms with E-state index in [1.54, 1.807) is 18.6 Å². The molecule has 0 saturated carbocycles. The Morgan fingerprint density at radius 2 is 1.95 bits per heavy atom. The first-order chi connectivity index (χ1) is 20.5. The Hall–Kier alpha value is -4.71. The van der Waals surface area contributed by atoms with Crippen molar-refractivity contribution < 1.29 is 9.53 Å².